The van der Waals surface area contributed by atoms with Crippen molar-refractivity contribution in [2.24, 2.45) is 5.73 Å². The molecular weight excluding hydrogens is 242 g/mol. The van der Waals surface area contributed by atoms with Crippen LogP contribution in [0.3, 0.4) is 0 Å². The van der Waals surface area contributed by atoms with E-state index >= 15 is 0 Å². The molecular formula is C13H23N5O. The number of hydrogen-bond donors (Lipinski definition) is 1. The minimum absolute atomic E-state index is 0.0978. The molecule has 6 heteroatoms. The van der Waals surface area contributed by atoms with Crippen LogP contribution in [0.4, 0.5) is 11.6 Å². The molecule has 1 aliphatic rings. The first-order valence-corrected chi connectivity index (χ1v) is 6.92. The predicted molar refractivity (Wildman–Crippen MR) is 76.6 cm³/mol. The Balaban J connectivity index is 2.13. The van der Waals surface area contributed by atoms with Crippen LogP contribution < -0.4 is 15.5 Å². The summed E-state index contributed by atoms with van der Waals surface area (Å²) in [4.78, 5) is 13.2. The topological polar surface area (TPSA) is 67.5 Å². The van der Waals surface area contributed by atoms with Gasteiger partial charge >= 0.3 is 0 Å². The number of nitrogens with zero attached hydrogens (tertiary/aromatic N) is 4. The van der Waals surface area contributed by atoms with Crippen molar-refractivity contribution in [3.63, 3.8) is 0 Å². The Kier molecular flexibility index (Phi) is 4.93. The highest BCUT2D eigenvalue weighted by molar-refractivity contribution is 5.50. The first-order valence-electron chi connectivity index (χ1n) is 6.92. The number of anilines is 2. The molecule has 1 aromatic heterocycles. The molecule has 2 N–H and O–H groups in total. The lowest BCUT2D eigenvalue weighted by Crippen LogP contribution is -2.46. The standard InChI is InChI=1S/C13H23N5O/c1-3-17(4-2)12-7-13(16-10-15-12)18-5-6-19-11(8-14)9-18/h7,10-11H,3-6,8-9,14H2,1-2H3. The Morgan fingerprint density at radius 3 is 2.89 bits per heavy atom. The average molecular weight is 265 g/mol. The van der Waals surface area contributed by atoms with Gasteiger partial charge in [-0.2, -0.15) is 0 Å². The Morgan fingerprint density at radius 1 is 1.42 bits per heavy atom. The van der Waals surface area contributed by atoms with E-state index in [2.05, 4.69) is 33.6 Å². The number of aromatic nitrogens is 2. The third-order valence-electron chi connectivity index (χ3n) is 3.45. The lowest BCUT2D eigenvalue weighted by Gasteiger charge is -2.33. The third-order valence-corrected chi connectivity index (χ3v) is 3.45. The predicted octanol–water partition coefficient (Wildman–Crippen LogP) is 0.487. The van der Waals surface area contributed by atoms with Crippen LogP contribution in [0.25, 0.3) is 0 Å². The molecule has 0 saturated carbocycles. The second kappa shape index (κ2) is 6.68. The highest BCUT2D eigenvalue weighted by Gasteiger charge is 2.20. The Labute approximate surface area is 114 Å². The van der Waals surface area contributed by atoms with Gasteiger partial charge in [-0.25, -0.2) is 9.97 Å². The summed E-state index contributed by atoms with van der Waals surface area (Å²) in [5, 5.41) is 0. The van der Waals surface area contributed by atoms with Gasteiger partial charge < -0.3 is 20.3 Å². The molecule has 2 heterocycles. The Bertz CT molecular complexity index is 396. The van der Waals surface area contributed by atoms with Gasteiger partial charge in [0.1, 0.15) is 18.0 Å². The van der Waals surface area contributed by atoms with Crippen molar-refractivity contribution in [3.05, 3.63) is 12.4 Å². The SMILES string of the molecule is CCN(CC)c1cc(N2CCOC(CN)C2)ncn1. The van der Waals surface area contributed by atoms with E-state index in [-0.39, 0.29) is 6.10 Å². The first kappa shape index (κ1) is 14.0. The number of ether oxygens (including phenoxy) is 1. The molecule has 0 amide bonds. The molecule has 0 aliphatic carbocycles. The van der Waals surface area contributed by atoms with E-state index in [0.29, 0.717) is 13.2 Å². The fraction of sp³-hybridized carbons (Fsp3) is 0.692. The maximum atomic E-state index is 5.67. The lowest BCUT2D eigenvalue weighted by molar-refractivity contribution is 0.0463. The summed E-state index contributed by atoms with van der Waals surface area (Å²) in [7, 11) is 0. The van der Waals surface area contributed by atoms with E-state index in [0.717, 1.165) is 37.8 Å². The van der Waals surface area contributed by atoms with Crippen molar-refractivity contribution in [3.8, 4) is 0 Å². The van der Waals surface area contributed by atoms with Crippen molar-refractivity contribution < 1.29 is 4.74 Å². The second-order valence-electron chi connectivity index (χ2n) is 4.58. The number of hydrogen-bond acceptors (Lipinski definition) is 6. The zero-order chi connectivity index (χ0) is 13.7. The van der Waals surface area contributed by atoms with Crippen LogP contribution in [0.15, 0.2) is 12.4 Å². The molecule has 1 saturated heterocycles. The average Bonchev–Trinajstić information content (AvgIpc) is 2.49. The highest BCUT2D eigenvalue weighted by atomic mass is 16.5. The molecule has 19 heavy (non-hydrogen) atoms. The molecule has 1 aliphatic heterocycles. The van der Waals surface area contributed by atoms with Crippen LogP contribution in [-0.2, 0) is 4.74 Å². The van der Waals surface area contributed by atoms with Crippen molar-refractivity contribution in [1.29, 1.82) is 0 Å². The summed E-state index contributed by atoms with van der Waals surface area (Å²) >= 11 is 0. The minimum atomic E-state index is 0.0978. The van der Waals surface area contributed by atoms with Crippen molar-refractivity contribution in [2.75, 3.05) is 49.1 Å². The molecule has 0 spiro atoms. The summed E-state index contributed by atoms with van der Waals surface area (Å²) < 4.78 is 5.58. The second-order valence-corrected chi connectivity index (χ2v) is 4.58. The summed E-state index contributed by atoms with van der Waals surface area (Å²) in [5.41, 5.74) is 5.67. The molecule has 0 radical (unpaired) electrons. The molecule has 1 unspecified atom stereocenters. The molecule has 0 bridgehead atoms. The molecule has 2 rings (SSSR count). The van der Waals surface area contributed by atoms with E-state index in [1.54, 1.807) is 6.33 Å². The maximum absolute atomic E-state index is 5.67. The summed E-state index contributed by atoms with van der Waals surface area (Å²) in [5.74, 6) is 1.93. The van der Waals surface area contributed by atoms with Gasteiger partial charge in [0.2, 0.25) is 0 Å². The lowest BCUT2D eigenvalue weighted by atomic mass is 10.2. The van der Waals surface area contributed by atoms with E-state index in [1.807, 2.05) is 6.07 Å². The van der Waals surface area contributed by atoms with Crippen LogP contribution in [-0.4, -0.2) is 55.4 Å². The zero-order valence-corrected chi connectivity index (χ0v) is 11.7. The van der Waals surface area contributed by atoms with Crippen molar-refractivity contribution in [1.82, 2.24) is 9.97 Å². The summed E-state index contributed by atoms with van der Waals surface area (Å²) in [6, 6.07) is 2.05. The van der Waals surface area contributed by atoms with Gasteiger partial charge in [-0.05, 0) is 13.8 Å². The fourth-order valence-electron chi connectivity index (χ4n) is 2.30. The van der Waals surface area contributed by atoms with Crippen LogP contribution in [0.1, 0.15) is 13.8 Å². The fourth-order valence-corrected chi connectivity index (χ4v) is 2.30. The number of rotatable bonds is 5. The molecule has 6 nitrogen and oxygen atoms in total. The van der Waals surface area contributed by atoms with Gasteiger partial charge in [-0.3, -0.25) is 0 Å². The minimum Gasteiger partial charge on any atom is -0.373 e. The molecule has 0 aromatic carbocycles. The summed E-state index contributed by atoms with van der Waals surface area (Å²) in [6.07, 6.45) is 1.73. The van der Waals surface area contributed by atoms with Crippen molar-refractivity contribution in [2.45, 2.75) is 20.0 Å². The normalized spacial score (nSPS) is 19.5. The van der Waals surface area contributed by atoms with Gasteiger partial charge in [-0.15, -0.1) is 0 Å². The molecule has 1 fully saturated rings. The molecule has 1 atom stereocenters. The first-order chi connectivity index (χ1) is 9.28. The van der Waals surface area contributed by atoms with Gasteiger partial charge in [0.15, 0.2) is 0 Å². The van der Waals surface area contributed by atoms with Crippen LogP contribution >= 0.6 is 0 Å². The monoisotopic (exact) mass is 265 g/mol. The molecule has 106 valence electrons. The third kappa shape index (κ3) is 3.33. The smallest absolute Gasteiger partial charge is 0.134 e. The maximum Gasteiger partial charge on any atom is 0.134 e. The van der Waals surface area contributed by atoms with E-state index in [1.165, 1.54) is 0 Å². The number of nitrogens with two attached hydrogens (primary N) is 1. The summed E-state index contributed by atoms with van der Waals surface area (Å²) in [6.45, 7) is 9.05. The number of morpholine rings is 1. The largest absolute Gasteiger partial charge is 0.373 e. The highest BCUT2D eigenvalue weighted by Crippen LogP contribution is 2.19. The van der Waals surface area contributed by atoms with Gasteiger partial charge in [-0.1, -0.05) is 0 Å². The zero-order valence-electron chi connectivity index (χ0n) is 11.7. The Hall–Kier alpha value is -1.40. The van der Waals surface area contributed by atoms with Gasteiger partial charge in [0, 0.05) is 38.8 Å². The quantitative estimate of drug-likeness (QED) is 0.835. The van der Waals surface area contributed by atoms with Crippen LogP contribution in [0.5, 0.6) is 0 Å². The van der Waals surface area contributed by atoms with E-state index in [4.69, 9.17) is 10.5 Å². The Morgan fingerprint density at radius 2 is 2.21 bits per heavy atom. The van der Waals surface area contributed by atoms with Crippen molar-refractivity contribution >= 4 is 11.6 Å². The van der Waals surface area contributed by atoms with Crippen LogP contribution in [0.2, 0.25) is 0 Å². The van der Waals surface area contributed by atoms with E-state index < -0.39 is 0 Å². The van der Waals surface area contributed by atoms with Crippen LogP contribution in [0, 0.1) is 0 Å². The van der Waals surface area contributed by atoms with Gasteiger partial charge in [0.05, 0.1) is 12.7 Å². The van der Waals surface area contributed by atoms with E-state index in [9.17, 15) is 0 Å². The molecule has 1 aromatic rings. The van der Waals surface area contributed by atoms with Gasteiger partial charge in [0.25, 0.3) is 0 Å².